The molecule has 0 saturated carbocycles. The molecule has 0 aliphatic carbocycles. The van der Waals surface area contributed by atoms with Gasteiger partial charge in [-0.15, -0.1) is 10.2 Å². The molecule has 4 rings (SSSR count). The van der Waals surface area contributed by atoms with Gasteiger partial charge in [0.15, 0.2) is 5.16 Å². The van der Waals surface area contributed by atoms with Crippen molar-refractivity contribution in [2.24, 2.45) is 0 Å². The summed E-state index contributed by atoms with van der Waals surface area (Å²) < 4.78 is 1.89. The first-order valence-electron chi connectivity index (χ1n) is 11.3. The lowest BCUT2D eigenvalue weighted by molar-refractivity contribution is -0.128. The number of carbonyl (C=O) groups is 2. The van der Waals surface area contributed by atoms with Crippen LogP contribution in [0.5, 0.6) is 0 Å². The number of carbonyl (C=O) groups excluding carboxylic acids is 2. The Morgan fingerprint density at radius 3 is 2.52 bits per heavy atom. The molecule has 1 aromatic heterocycles. The number of nitrogens with one attached hydrogen (secondary N) is 1. The van der Waals surface area contributed by atoms with Crippen LogP contribution in [0.1, 0.15) is 49.8 Å². The third kappa shape index (κ3) is 5.82. The molecule has 1 fully saturated rings. The second kappa shape index (κ2) is 10.7. The highest BCUT2D eigenvalue weighted by molar-refractivity contribution is 7.99. The lowest BCUT2D eigenvalue weighted by Gasteiger charge is -2.25. The van der Waals surface area contributed by atoms with Crippen LogP contribution in [-0.2, 0) is 9.59 Å². The summed E-state index contributed by atoms with van der Waals surface area (Å²) in [5.74, 6) is 0.715. The van der Waals surface area contributed by atoms with E-state index in [9.17, 15) is 9.59 Å². The molecule has 1 aliphatic rings. The Morgan fingerprint density at radius 1 is 1.09 bits per heavy atom. The second-order valence-corrected chi connectivity index (χ2v) is 9.44. The summed E-state index contributed by atoms with van der Waals surface area (Å²) in [6.07, 6.45) is 3.12. The fourth-order valence-corrected chi connectivity index (χ4v) is 4.66. The molecule has 33 heavy (non-hydrogen) atoms. The molecule has 172 valence electrons. The largest absolute Gasteiger partial charge is 0.347 e. The molecule has 1 aliphatic heterocycles. The van der Waals surface area contributed by atoms with E-state index in [1.807, 2.05) is 51.9 Å². The van der Waals surface area contributed by atoms with E-state index in [0.29, 0.717) is 24.0 Å². The Bertz CT molecular complexity index is 1080. The van der Waals surface area contributed by atoms with Crippen LogP contribution in [0.15, 0.2) is 66.1 Å². The Kier molecular flexibility index (Phi) is 7.44. The number of thioether (sulfide) groups is 1. The Morgan fingerprint density at radius 2 is 1.85 bits per heavy atom. The van der Waals surface area contributed by atoms with E-state index >= 15 is 0 Å². The van der Waals surface area contributed by atoms with Crippen LogP contribution in [0.2, 0.25) is 0 Å². The van der Waals surface area contributed by atoms with Gasteiger partial charge in [-0.3, -0.25) is 14.2 Å². The van der Waals surface area contributed by atoms with Gasteiger partial charge in [-0.2, -0.15) is 0 Å². The van der Waals surface area contributed by atoms with Gasteiger partial charge < -0.3 is 10.2 Å². The van der Waals surface area contributed by atoms with E-state index in [2.05, 4.69) is 41.5 Å². The maximum Gasteiger partial charge on any atom is 0.231 e. The highest BCUT2D eigenvalue weighted by Crippen LogP contribution is 2.23. The first kappa shape index (κ1) is 23.0. The number of benzene rings is 2. The molecule has 2 amide bonds. The summed E-state index contributed by atoms with van der Waals surface area (Å²) in [4.78, 5) is 26.8. The predicted molar refractivity (Wildman–Crippen MR) is 129 cm³/mol. The fourth-order valence-electron chi connectivity index (χ4n) is 3.92. The van der Waals surface area contributed by atoms with Crippen LogP contribution < -0.4 is 5.32 Å². The molecule has 1 unspecified atom stereocenters. The standard InChI is InChI=1S/C25H29N5O2S/c1-18(2)19-10-12-21(13-11-19)30-17-26-28-25(30)33-16-23(31)27-22(20-7-4-3-5-8-20)15-29-14-6-9-24(29)32/h3-5,7-8,10-13,17-18,22H,6,9,14-16H2,1-2H3,(H,27,31). The second-order valence-electron chi connectivity index (χ2n) is 8.49. The van der Waals surface area contributed by atoms with Crippen molar-refractivity contribution in [1.82, 2.24) is 25.0 Å². The van der Waals surface area contributed by atoms with Crippen LogP contribution in [0, 0.1) is 0 Å². The smallest absolute Gasteiger partial charge is 0.231 e. The minimum absolute atomic E-state index is 0.106. The highest BCUT2D eigenvalue weighted by atomic mass is 32.2. The topological polar surface area (TPSA) is 80.1 Å². The molecule has 0 spiro atoms. The molecule has 2 aromatic carbocycles. The van der Waals surface area contributed by atoms with Crippen LogP contribution in [-0.4, -0.2) is 50.3 Å². The van der Waals surface area contributed by atoms with E-state index in [-0.39, 0.29) is 23.6 Å². The van der Waals surface area contributed by atoms with Crippen LogP contribution in [0.4, 0.5) is 0 Å². The zero-order chi connectivity index (χ0) is 23.2. The van der Waals surface area contributed by atoms with Gasteiger partial charge in [0.1, 0.15) is 6.33 Å². The molecule has 1 atom stereocenters. The third-order valence-electron chi connectivity index (χ3n) is 5.80. The number of likely N-dealkylation sites (tertiary alicyclic amines) is 1. The van der Waals surface area contributed by atoms with Gasteiger partial charge in [0.25, 0.3) is 0 Å². The van der Waals surface area contributed by atoms with Gasteiger partial charge in [0, 0.05) is 25.2 Å². The first-order valence-corrected chi connectivity index (χ1v) is 12.2. The van der Waals surface area contributed by atoms with Gasteiger partial charge >= 0.3 is 0 Å². The first-order chi connectivity index (χ1) is 16.0. The van der Waals surface area contributed by atoms with Crippen LogP contribution in [0.3, 0.4) is 0 Å². The number of amides is 2. The minimum atomic E-state index is -0.247. The minimum Gasteiger partial charge on any atom is -0.347 e. The van der Waals surface area contributed by atoms with Crippen molar-refractivity contribution in [3.63, 3.8) is 0 Å². The van der Waals surface area contributed by atoms with Crippen molar-refractivity contribution in [3.05, 3.63) is 72.1 Å². The summed E-state index contributed by atoms with van der Waals surface area (Å²) in [5, 5.41) is 12.0. The number of hydrogen-bond acceptors (Lipinski definition) is 5. The normalized spacial score (nSPS) is 14.6. The summed E-state index contributed by atoms with van der Waals surface area (Å²) in [6, 6.07) is 17.8. The van der Waals surface area contributed by atoms with E-state index in [1.54, 1.807) is 6.33 Å². The molecule has 2 heterocycles. The fraction of sp³-hybridized carbons (Fsp3) is 0.360. The molecule has 0 bridgehead atoms. The molecular formula is C25H29N5O2S. The van der Waals surface area contributed by atoms with Crippen molar-refractivity contribution in [3.8, 4) is 5.69 Å². The van der Waals surface area contributed by atoms with Gasteiger partial charge in [-0.25, -0.2) is 0 Å². The summed E-state index contributed by atoms with van der Waals surface area (Å²) >= 11 is 1.34. The number of rotatable bonds is 9. The lowest BCUT2D eigenvalue weighted by atomic mass is 10.0. The van der Waals surface area contributed by atoms with Crippen molar-refractivity contribution in [2.75, 3.05) is 18.8 Å². The SMILES string of the molecule is CC(C)c1ccc(-n2cnnc2SCC(=O)NC(CN2CCCC2=O)c2ccccc2)cc1. The van der Waals surface area contributed by atoms with E-state index in [1.165, 1.54) is 17.3 Å². The Hall–Kier alpha value is -3.13. The molecule has 1 saturated heterocycles. The van der Waals surface area contributed by atoms with Gasteiger partial charge in [0.05, 0.1) is 11.8 Å². The lowest BCUT2D eigenvalue weighted by Crippen LogP contribution is -2.39. The summed E-state index contributed by atoms with van der Waals surface area (Å²) in [7, 11) is 0. The molecule has 3 aromatic rings. The summed E-state index contributed by atoms with van der Waals surface area (Å²) in [6.45, 7) is 5.55. The average Bonchev–Trinajstić information content (AvgIpc) is 3.47. The molecule has 8 heteroatoms. The zero-order valence-corrected chi connectivity index (χ0v) is 19.8. The van der Waals surface area contributed by atoms with Crippen molar-refractivity contribution in [2.45, 2.75) is 43.8 Å². The summed E-state index contributed by atoms with van der Waals surface area (Å²) in [5.41, 5.74) is 3.22. The average molecular weight is 464 g/mol. The third-order valence-corrected chi connectivity index (χ3v) is 6.74. The van der Waals surface area contributed by atoms with Gasteiger partial charge in [0.2, 0.25) is 11.8 Å². The van der Waals surface area contributed by atoms with Gasteiger partial charge in [-0.1, -0.05) is 68.1 Å². The Balaban J connectivity index is 1.40. The maximum absolute atomic E-state index is 12.9. The monoisotopic (exact) mass is 463 g/mol. The Labute approximate surface area is 198 Å². The number of aromatic nitrogens is 3. The van der Waals surface area contributed by atoms with Crippen LogP contribution in [0.25, 0.3) is 5.69 Å². The van der Waals surface area contributed by atoms with E-state index < -0.39 is 0 Å². The zero-order valence-electron chi connectivity index (χ0n) is 19.0. The van der Waals surface area contributed by atoms with Crippen LogP contribution >= 0.6 is 11.8 Å². The van der Waals surface area contributed by atoms with Crippen molar-refractivity contribution >= 4 is 23.6 Å². The molecule has 0 radical (unpaired) electrons. The van der Waals surface area contributed by atoms with Crippen molar-refractivity contribution in [1.29, 1.82) is 0 Å². The number of hydrogen-bond donors (Lipinski definition) is 1. The van der Waals surface area contributed by atoms with Crippen molar-refractivity contribution < 1.29 is 9.59 Å². The van der Waals surface area contributed by atoms with Gasteiger partial charge in [-0.05, 0) is 35.6 Å². The van der Waals surface area contributed by atoms with E-state index in [0.717, 1.165) is 24.2 Å². The maximum atomic E-state index is 12.9. The molecular weight excluding hydrogens is 434 g/mol. The molecule has 1 N–H and O–H groups in total. The quantitative estimate of drug-likeness (QED) is 0.486. The highest BCUT2D eigenvalue weighted by Gasteiger charge is 2.25. The predicted octanol–water partition coefficient (Wildman–Crippen LogP) is 3.96. The van der Waals surface area contributed by atoms with E-state index in [4.69, 9.17) is 0 Å². The number of nitrogens with zero attached hydrogens (tertiary/aromatic N) is 4. The molecule has 7 nitrogen and oxygen atoms in total.